The maximum atomic E-state index is 4.82. The van der Waals surface area contributed by atoms with Gasteiger partial charge < -0.3 is 4.65 Å². The summed E-state index contributed by atoms with van der Waals surface area (Å²) in [6.07, 6.45) is 0. The summed E-state index contributed by atoms with van der Waals surface area (Å²) in [6, 6.07) is 0. The molecule has 4 heteroatoms. The molecular formula is C26H48NSi2Sm-. The number of hydrogen-bond acceptors (Lipinski definition) is 0. The quantitative estimate of drug-likeness (QED) is 0.289. The van der Waals surface area contributed by atoms with Crippen molar-refractivity contribution in [2.75, 3.05) is 0 Å². The SMILES string of the molecule is C[C]1[C](C)[C](C)[C](C)[C]1C.C[C]1[C](C)[C](C)[C](C)[C]1C.C[Si](C)(C)[N-][Si](C)(C)C.[Sm]. The van der Waals surface area contributed by atoms with Gasteiger partial charge in [-0.05, 0) is 59.2 Å². The van der Waals surface area contributed by atoms with E-state index >= 15 is 0 Å². The molecule has 0 aromatic carbocycles. The van der Waals surface area contributed by atoms with Gasteiger partial charge in [-0.2, -0.15) is 0 Å². The van der Waals surface area contributed by atoms with Gasteiger partial charge in [-0.3, -0.25) is 0 Å². The van der Waals surface area contributed by atoms with E-state index in [1.807, 2.05) is 0 Å². The summed E-state index contributed by atoms with van der Waals surface area (Å²) in [5.74, 6) is 14.7. The first-order chi connectivity index (χ1) is 12.8. The summed E-state index contributed by atoms with van der Waals surface area (Å²) in [6.45, 7) is 35.8. The summed E-state index contributed by atoms with van der Waals surface area (Å²) in [7, 11) is -2.21. The molecular weight excluding hydrogens is 533 g/mol. The second kappa shape index (κ2) is 13.6. The van der Waals surface area contributed by atoms with Gasteiger partial charge in [0.05, 0.1) is 0 Å². The van der Waals surface area contributed by atoms with Crippen molar-refractivity contribution in [3.63, 3.8) is 0 Å². The van der Waals surface area contributed by atoms with E-state index in [0.717, 1.165) is 0 Å². The Labute approximate surface area is 227 Å². The van der Waals surface area contributed by atoms with Gasteiger partial charge in [0.2, 0.25) is 0 Å². The molecule has 2 aliphatic carbocycles. The molecule has 10 radical (unpaired) electrons. The molecule has 0 spiro atoms. The Morgan fingerprint density at radius 3 is 0.467 bits per heavy atom. The van der Waals surface area contributed by atoms with Crippen molar-refractivity contribution in [2.45, 2.75) is 109 Å². The molecule has 2 aliphatic rings. The average molecular weight is 581 g/mol. The van der Waals surface area contributed by atoms with Gasteiger partial charge in [0, 0.05) is 40.4 Å². The van der Waals surface area contributed by atoms with Gasteiger partial charge in [0.1, 0.15) is 0 Å². The van der Waals surface area contributed by atoms with Crippen LogP contribution < -0.4 is 0 Å². The molecule has 0 N–H and O–H groups in total. The van der Waals surface area contributed by atoms with Crippen LogP contribution in [0.4, 0.5) is 0 Å². The first kappa shape index (κ1) is 33.9. The molecule has 0 amide bonds. The largest absolute Gasteiger partial charge is 0.668 e. The van der Waals surface area contributed by atoms with Crippen molar-refractivity contribution in [3.8, 4) is 0 Å². The first-order valence-electron chi connectivity index (χ1n) is 10.9. The number of nitrogens with zero attached hydrogens (tertiary/aromatic N) is 1. The standard InChI is InChI=1S/2C10H15.C6H18NSi2.Sm/c2*1-6-7(2)9(4)10(5)8(6)3;1-8(2,3)7-9(4,5)6;/h2*1-5H3;1-6H3;/q;;-1;. The Bertz CT molecular complexity index is 339. The zero-order chi connectivity index (χ0) is 23.5. The Balaban J connectivity index is 0. The van der Waals surface area contributed by atoms with E-state index < -0.39 is 16.5 Å². The van der Waals surface area contributed by atoms with Crippen LogP contribution in [0.25, 0.3) is 4.65 Å². The van der Waals surface area contributed by atoms with Crippen molar-refractivity contribution < 1.29 is 40.4 Å². The Morgan fingerprint density at radius 2 is 0.433 bits per heavy atom. The van der Waals surface area contributed by atoms with Crippen molar-refractivity contribution in [2.24, 2.45) is 0 Å². The van der Waals surface area contributed by atoms with Gasteiger partial charge >= 0.3 is 0 Å². The van der Waals surface area contributed by atoms with Crippen molar-refractivity contribution >= 4 is 16.5 Å². The summed E-state index contributed by atoms with van der Waals surface area (Å²) in [5.41, 5.74) is 0. The molecule has 0 aromatic heterocycles. The predicted molar refractivity (Wildman–Crippen MR) is 139 cm³/mol. The van der Waals surface area contributed by atoms with Gasteiger partial charge in [0.25, 0.3) is 0 Å². The molecule has 0 unspecified atom stereocenters. The molecule has 2 fully saturated rings. The molecule has 2 rings (SSSR count). The molecule has 172 valence electrons. The normalized spacial score (nSPS) is 23.2. The second-order valence-electron chi connectivity index (χ2n) is 10.7. The molecule has 0 heterocycles. The Morgan fingerprint density at radius 1 is 0.333 bits per heavy atom. The number of rotatable bonds is 2. The monoisotopic (exact) mass is 582 g/mol. The molecule has 0 atom stereocenters. The molecule has 0 bridgehead atoms. The number of hydrogen-bond donors (Lipinski definition) is 0. The molecule has 0 aliphatic heterocycles. The van der Waals surface area contributed by atoms with Gasteiger partial charge in [-0.15, -0.1) is 0 Å². The maximum absolute atomic E-state index is 4.82. The van der Waals surface area contributed by atoms with E-state index in [0.29, 0.717) is 0 Å². The van der Waals surface area contributed by atoms with Crippen molar-refractivity contribution in [1.82, 2.24) is 0 Å². The van der Waals surface area contributed by atoms with Gasteiger partial charge in [-0.1, -0.05) is 125 Å². The first-order valence-corrected chi connectivity index (χ1v) is 17.8. The van der Waals surface area contributed by atoms with Crippen LogP contribution in [0.3, 0.4) is 0 Å². The topological polar surface area (TPSA) is 14.1 Å². The van der Waals surface area contributed by atoms with Crippen LogP contribution in [-0.4, -0.2) is 16.5 Å². The smallest absolute Gasteiger partial charge is 0 e. The van der Waals surface area contributed by atoms with Crippen LogP contribution in [0.15, 0.2) is 0 Å². The van der Waals surface area contributed by atoms with E-state index in [9.17, 15) is 0 Å². The maximum Gasteiger partial charge on any atom is 0 e. The van der Waals surface area contributed by atoms with Crippen LogP contribution in [0.1, 0.15) is 69.2 Å². The van der Waals surface area contributed by atoms with Crippen LogP contribution in [0, 0.1) is 99.6 Å². The zero-order valence-corrected chi connectivity index (χ0v) is 27.5. The molecule has 30 heavy (non-hydrogen) atoms. The summed E-state index contributed by atoms with van der Waals surface area (Å²) < 4.78 is 4.82. The Hall–Kier alpha value is 1.73. The zero-order valence-electron chi connectivity index (χ0n) is 22.9. The minimum absolute atomic E-state index is 0. The third-order valence-corrected chi connectivity index (χ3v) is 11.7. The average Bonchev–Trinajstić information content (AvgIpc) is 2.83. The van der Waals surface area contributed by atoms with Gasteiger partial charge in [0.15, 0.2) is 0 Å². The van der Waals surface area contributed by atoms with Crippen molar-refractivity contribution in [3.05, 3.63) is 63.8 Å². The van der Waals surface area contributed by atoms with Crippen LogP contribution >= 0.6 is 0 Å². The second-order valence-corrected chi connectivity index (χ2v) is 20.3. The van der Waals surface area contributed by atoms with Crippen LogP contribution in [0.5, 0.6) is 0 Å². The minimum Gasteiger partial charge on any atom is -0.668 e. The van der Waals surface area contributed by atoms with Crippen LogP contribution in [-0.2, 0) is 0 Å². The van der Waals surface area contributed by atoms with Crippen molar-refractivity contribution in [1.29, 1.82) is 0 Å². The van der Waals surface area contributed by atoms with E-state index in [1.54, 1.807) is 0 Å². The predicted octanol–water partition coefficient (Wildman–Crippen LogP) is 8.97. The minimum atomic E-state index is -1.11. The van der Waals surface area contributed by atoms with E-state index in [4.69, 9.17) is 4.65 Å². The molecule has 0 saturated heterocycles. The fourth-order valence-corrected chi connectivity index (χ4v) is 11.9. The van der Waals surface area contributed by atoms with Crippen LogP contribution in [0.2, 0.25) is 39.3 Å². The summed E-state index contributed by atoms with van der Waals surface area (Å²) in [5, 5.41) is 0. The third kappa shape index (κ3) is 10.8. The van der Waals surface area contributed by atoms with Gasteiger partial charge in [-0.25, -0.2) is 0 Å². The molecule has 1 nitrogen and oxygen atoms in total. The fourth-order valence-electron chi connectivity index (χ4n) is 3.82. The third-order valence-electron chi connectivity index (χ3n) is 6.30. The summed E-state index contributed by atoms with van der Waals surface area (Å²) >= 11 is 0. The molecule has 2 saturated carbocycles. The van der Waals surface area contributed by atoms with E-state index in [-0.39, 0.29) is 40.4 Å². The van der Waals surface area contributed by atoms with E-state index in [2.05, 4.69) is 109 Å². The van der Waals surface area contributed by atoms with E-state index in [1.165, 1.54) is 59.2 Å². The Kier molecular flexibility index (Phi) is 15.3. The molecule has 0 aromatic rings. The fraction of sp³-hybridized carbons (Fsp3) is 0.615. The summed E-state index contributed by atoms with van der Waals surface area (Å²) in [4.78, 5) is 0.